The Bertz CT molecular complexity index is 424. The molecule has 0 aliphatic carbocycles. The molecule has 2 heterocycles. The summed E-state index contributed by atoms with van der Waals surface area (Å²) in [5.74, 6) is -2.32. The lowest BCUT2D eigenvalue weighted by atomic mass is 9.99. The molecule has 0 bridgehead atoms. The molecule has 2 unspecified atom stereocenters. The Balaban J connectivity index is 2.25. The second kappa shape index (κ2) is 5.88. The Morgan fingerprint density at radius 2 is 1.62 bits per heavy atom. The molecule has 0 radical (unpaired) electrons. The first-order chi connectivity index (χ1) is 9.75. The molecule has 2 rings (SSSR count). The highest BCUT2D eigenvalue weighted by Crippen LogP contribution is 2.38. The van der Waals surface area contributed by atoms with E-state index >= 15 is 0 Å². The number of fused-ring (bicyclic) bond motifs is 1. The third kappa shape index (κ3) is 3.34. The van der Waals surface area contributed by atoms with Crippen molar-refractivity contribution in [1.82, 2.24) is 0 Å². The predicted octanol–water partition coefficient (Wildman–Crippen LogP) is 0.330. The Morgan fingerprint density at radius 3 is 2.14 bits per heavy atom. The van der Waals surface area contributed by atoms with Gasteiger partial charge < -0.3 is 23.7 Å². The standard InChI is InChI=1S/C13H20O8/c1-6-9(18-7(2)14)10(19-8(3)15)11-12(17-6)21-13(4,16-5)20-11/h6,9-12H,1-5H3/t6-,9-,10+,11+,12?,13?/m0/s1. The zero-order valence-electron chi connectivity index (χ0n) is 12.7. The van der Waals surface area contributed by atoms with Gasteiger partial charge in [-0.25, -0.2) is 0 Å². The highest BCUT2D eigenvalue weighted by molar-refractivity contribution is 5.67. The van der Waals surface area contributed by atoms with E-state index in [0.717, 1.165) is 0 Å². The van der Waals surface area contributed by atoms with Crippen LogP contribution in [0.5, 0.6) is 0 Å². The fourth-order valence-corrected chi connectivity index (χ4v) is 2.46. The Kier molecular flexibility index (Phi) is 4.52. The molecule has 0 spiro atoms. The summed E-state index contributed by atoms with van der Waals surface area (Å²) in [5.41, 5.74) is 0. The van der Waals surface area contributed by atoms with Gasteiger partial charge in [0.25, 0.3) is 5.97 Å². The second-order valence-corrected chi connectivity index (χ2v) is 5.12. The van der Waals surface area contributed by atoms with Crippen molar-refractivity contribution in [2.24, 2.45) is 0 Å². The average Bonchev–Trinajstić information content (AvgIpc) is 2.70. The molecule has 0 aromatic rings. The highest BCUT2D eigenvalue weighted by atomic mass is 16.9. The summed E-state index contributed by atoms with van der Waals surface area (Å²) in [4.78, 5) is 22.6. The van der Waals surface area contributed by atoms with Gasteiger partial charge in [-0.15, -0.1) is 0 Å². The molecule has 0 aromatic carbocycles. The van der Waals surface area contributed by atoms with E-state index < -0.39 is 48.6 Å². The van der Waals surface area contributed by atoms with Crippen molar-refractivity contribution >= 4 is 11.9 Å². The average molecular weight is 304 g/mol. The third-order valence-corrected chi connectivity index (χ3v) is 3.38. The van der Waals surface area contributed by atoms with Gasteiger partial charge in [0.2, 0.25) is 0 Å². The van der Waals surface area contributed by atoms with Gasteiger partial charge in [0, 0.05) is 27.9 Å². The van der Waals surface area contributed by atoms with Crippen molar-refractivity contribution in [1.29, 1.82) is 0 Å². The van der Waals surface area contributed by atoms with Crippen LogP contribution in [0.2, 0.25) is 0 Å². The number of hydrogen-bond donors (Lipinski definition) is 0. The molecular weight excluding hydrogens is 284 g/mol. The number of methoxy groups -OCH3 is 1. The number of ether oxygens (including phenoxy) is 6. The maximum Gasteiger partial charge on any atom is 0.303 e. The first-order valence-electron chi connectivity index (χ1n) is 6.66. The van der Waals surface area contributed by atoms with E-state index in [2.05, 4.69) is 0 Å². The van der Waals surface area contributed by atoms with E-state index in [4.69, 9.17) is 28.4 Å². The molecular formula is C13H20O8. The van der Waals surface area contributed by atoms with E-state index in [0.29, 0.717) is 0 Å². The summed E-state index contributed by atoms with van der Waals surface area (Å²) >= 11 is 0. The lowest BCUT2D eigenvalue weighted by molar-refractivity contribution is -0.333. The van der Waals surface area contributed by atoms with Gasteiger partial charge in [0.15, 0.2) is 24.6 Å². The van der Waals surface area contributed by atoms with Crippen LogP contribution in [0.25, 0.3) is 0 Å². The molecule has 0 N–H and O–H groups in total. The molecule has 2 saturated heterocycles. The lowest BCUT2D eigenvalue weighted by Crippen LogP contribution is -2.58. The van der Waals surface area contributed by atoms with Crippen molar-refractivity contribution in [2.75, 3.05) is 7.11 Å². The molecule has 21 heavy (non-hydrogen) atoms. The largest absolute Gasteiger partial charge is 0.456 e. The fourth-order valence-electron chi connectivity index (χ4n) is 2.46. The van der Waals surface area contributed by atoms with Crippen molar-refractivity contribution in [3.05, 3.63) is 0 Å². The zero-order chi connectivity index (χ0) is 15.8. The third-order valence-electron chi connectivity index (χ3n) is 3.38. The number of rotatable bonds is 3. The van der Waals surface area contributed by atoms with E-state index in [1.807, 2.05) is 0 Å². The highest BCUT2D eigenvalue weighted by Gasteiger charge is 2.58. The molecule has 120 valence electrons. The molecule has 0 amide bonds. The fraction of sp³-hybridized carbons (Fsp3) is 0.846. The molecule has 2 fully saturated rings. The van der Waals surface area contributed by atoms with E-state index in [1.54, 1.807) is 13.8 Å². The molecule has 8 nitrogen and oxygen atoms in total. The normalized spacial score (nSPS) is 42.2. The van der Waals surface area contributed by atoms with Crippen LogP contribution >= 0.6 is 0 Å². The summed E-state index contributed by atoms with van der Waals surface area (Å²) < 4.78 is 32.4. The van der Waals surface area contributed by atoms with Crippen LogP contribution < -0.4 is 0 Å². The minimum absolute atomic E-state index is 0.500. The van der Waals surface area contributed by atoms with Crippen LogP contribution in [0, 0.1) is 0 Å². The lowest BCUT2D eigenvalue weighted by Gasteiger charge is -2.39. The molecule has 0 aromatic heterocycles. The summed E-state index contributed by atoms with van der Waals surface area (Å²) in [7, 11) is 1.42. The van der Waals surface area contributed by atoms with Crippen LogP contribution in [-0.4, -0.2) is 55.7 Å². The number of esters is 2. The predicted molar refractivity (Wildman–Crippen MR) is 66.8 cm³/mol. The van der Waals surface area contributed by atoms with Gasteiger partial charge in [-0.05, 0) is 6.92 Å². The van der Waals surface area contributed by atoms with Gasteiger partial charge >= 0.3 is 11.9 Å². The molecule has 6 atom stereocenters. The molecule has 2 aliphatic heterocycles. The van der Waals surface area contributed by atoms with E-state index in [1.165, 1.54) is 21.0 Å². The minimum Gasteiger partial charge on any atom is -0.456 e. The Morgan fingerprint density at radius 1 is 1.05 bits per heavy atom. The monoisotopic (exact) mass is 304 g/mol. The number of carbonyl (C=O) groups is 2. The summed E-state index contributed by atoms with van der Waals surface area (Å²) in [6.45, 7) is 5.82. The van der Waals surface area contributed by atoms with Crippen LogP contribution in [-0.2, 0) is 38.0 Å². The van der Waals surface area contributed by atoms with Crippen molar-refractivity contribution in [3.63, 3.8) is 0 Å². The molecule has 2 aliphatic rings. The first kappa shape index (κ1) is 16.2. The van der Waals surface area contributed by atoms with Crippen LogP contribution in [0.4, 0.5) is 0 Å². The number of hydrogen-bond acceptors (Lipinski definition) is 8. The van der Waals surface area contributed by atoms with Gasteiger partial charge in [-0.3, -0.25) is 14.3 Å². The van der Waals surface area contributed by atoms with Crippen LogP contribution in [0.15, 0.2) is 0 Å². The van der Waals surface area contributed by atoms with Crippen molar-refractivity contribution in [3.8, 4) is 0 Å². The number of carbonyl (C=O) groups excluding carboxylic acids is 2. The van der Waals surface area contributed by atoms with E-state index in [-0.39, 0.29) is 0 Å². The SMILES string of the molecule is COC1(C)OC2O[C@@H](C)[C@H](OC(C)=O)[C@@H](OC(C)=O)[C@H]2O1. The van der Waals surface area contributed by atoms with Crippen LogP contribution in [0.3, 0.4) is 0 Å². The maximum absolute atomic E-state index is 11.3. The van der Waals surface area contributed by atoms with Gasteiger partial charge in [-0.2, -0.15) is 0 Å². The molecule has 8 heteroatoms. The maximum atomic E-state index is 11.3. The first-order valence-corrected chi connectivity index (χ1v) is 6.66. The smallest absolute Gasteiger partial charge is 0.303 e. The van der Waals surface area contributed by atoms with Gasteiger partial charge in [0.1, 0.15) is 0 Å². The Hall–Kier alpha value is -1.22. The van der Waals surface area contributed by atoms with Crippen LogP contribution in [0.1, 0.15) is 27.7 Å². The summed E-state index contributed by atoms with van der Waals surface area (Å²) in [6.07, 6.45) is -3.67. The quantitative estimate of drug-likeness (QED) is 0.689. The summed E-state index contributed by atoms with van der Waals surface area (Å²) in [6, 6.07) is 0. The second-order valence-electron chi connectivity index (χ2n) is 5.12. The van der Waals surface area contributed by atoms with Crippen molar-refractivity contribution in [2.45, 2.75) is 64.4 Å². The topological polar surface area (TPSA) is 89.5 Å². The van der Waals surface area contributed by atoms with Gasteiger partial charge in [0.05, 0.1) is 6.10 Å². The van der Waals surface area contributed by atoms with Crippen molar-refractivity contribution < 1.29 is 38.0 Å². The summed E-state index contributed by atoms with van der Waals surface area (Å²) in [5, 5.41) is 0. The van der Waals surface area contributed by atoms with Gasteiger partial charge in [-0.1, -0.05) is 0 Å². The van der Waals surface area contributed by atoms with E-state index in [9.17, 15) is 9.59 Å². The minimum atomic E-state index is -1.31. The molecule has 0 saturated carbocycles. The Labute approximate surface area is 122 Å². The zero-order valence-corrected chi connectivity index (χ0v) is 12.7.